The van der Waals surface area contributed by atoms with Crippen molar-refractivity contribution >= 4 is 0 Å². The summed E-state index contributed by atoms with van der Waals surface area (Å²) >= 11 is 0. The predicted molar refractivity (Wildman–Crippen MR) is 91.6 cm³/mol. The van der Waals surface area contributed by atoms with Gasteiger partial charge in [0, 0.05) is 17.9 Å². The number of hydrogen-bond donors (Lipinski definition) is 1. The molecule has 0 aromatic heterocycles. The van der Waals surface area contributed by atoms with Gasteiger partial charge >= 0.3 is 0 Å². The quantitative estimate of drug-likeness (QED) is 0.462. The van der Waals surface area contributed by atoms with Gasteiger partial charge in [0.25, 0.3) is 0 Å². The lowest BCUT2D eigenvalue weighted by molar-refractivity contribution is -0.316. The summed E-state index contributed by atoms with van der Waals surface area (Å²) in [6.07, 6.45) is -1.55. The third kappa shape index (κ3) is 4.10. The molecule has 8 heteroatoms. The lowest BCUT2D eigenvalue weighted by Crippen LogP contribution is -2.57. The van der Waals surface area contributed by atoms with Crippen LogP contribution >= 0.6 is 0 Å². The van der Waals surface area contributed by atoms with Gasteiger partial charge in [-0.1, -0.05) is 32.8 Å². The van der Waals surface area contributed by atoms with Crippen LogP contribution in [0.4, 0.5) is 0 Å². The maximum absolute atomic E-state index is 10.2. The normalized spacial score (nSPS) is 48.0. The molecule has 0 aromatic rings. The summed E-state index contributed by atoms with van der Waals surface area (Å²) in [5, 5.41) is 14.1. The van der Waals surface area contributed by atoms with Crippen molar-refractivity contribution in [2.45, 2.75) is 84.1 Å². The number of nitrogens with zero attached hydrogens (tertiary/aromatic N) is 3. The number of azide groups is 1. The van der Waals surface area contributed by atoms with Crippen LogP contribution in [0.3, 0.4) is 0 Å². The van der Waals surface area contributed by atoms with E-state index < -0.39 is 24.7 Å². The van der Waals surface area contributed by atoms with Gasteiger partial charge in [0.1, 0.15) is 0 Å². The molecule has 2 rings (SSSR count). The smallest absolute Gasteiger partial charge is 0.166 e. The minimum Gasteiger partial charge on any atom is -0.390 e. The number of aliphatic hydroxyl groups excluding tert-OH is 1. The second kappa shape index (κ2) is 8.66. The predicted octanol–water partition coefficient (Wildman–Crippen LogP) is 2.85. The van der Waals surface area contributed by atoms with Gasteiger partial charge in [0.05, 0.1) is 30.5 Å². The molecule has 0 bridgehead atoms. The Hall–Kier alpha value is -0.890. The average molecular weight is 357 g/mol. The van der Waals surface area contributed by atoms with E-state index in [4.69, 9.17) is 24.5 Å². The number of ether oxygens (including phenoxy) is 4. The first-order valence-electron chi connectivity index (χ1n) is 9.07. The fourth-order valence-electron chi connectivity index (χ4n) is 3.78. The van der Waals surface area contributed by atoms with Crippen LogP contribution < -0.4 is 0 Å². The summed E-state index contributed by atoms with van der Waals surface area (Å²) < 4.78 is 23.6. The third-order valence-electron chi connectivity index (χ3n) is 5.75. The van der Waals surface area contributed by atoms with Crippen molar-refractivity contribution in [2.75, 3.05) is 7.11 Å². The van der Waals surface area contributed by atoms with Crippen LogP contribution in [-0.2, 0) is 18.9 Å². The van der Waals surface area contributed by atoms with Crippen molar-refractivity contribution < 1.29 is 24.1 Å². The summed E-state index contributed by atoms with van der Waals surface area (Å²) in [7, 11) is 1.54. The number of hydrogen-bond acceptors (Lipinski definition) is 6. The van der Waals surface area contributed by atoms with Crippen LogP contribution in [0.1, 0.15) is 41.0 Å². The molecule has 144 valence electrons. The Morgan fingerprint density at radius 3 is 2.32 bits per heavy atom. The molecule has 0 saturated carbocycles. The first-order chi connectivity index (χ1) is 11.8. The Kier molecular flexibility index (Phi) is 7.08. The highest BCUT2D eigenvalue weighted by Gasteiger charge is 2.47. The standard InChI is InChI=1S/C17H31N3O5/c1-7-12-15(10(4)13(19-20-18)17(22-6)24-12)25-16-9(3)8(2)14(21)11(5)23-16/h8-17,21H,7H2,1-6H3/t8-,9?,10-,11?,12?,13?,14+,15+,16-,17+/m1/s1. The summed E-state index contributed by atoms with van der Waals surface area (Å²) in [5.74, 6) is 0.00933. The molecule has 2 heterocycles. The maximum Gasteiger partial charge on any atom is 0.166 e. The van der Waals surface area contributed by atoms with E-state index in [0.29, 0.717) is 0 Å². The zero-order chi connectivity index (χ0) is 18.7. The Morgan fingerprint density at radius 1 is 1.08 bits per heavy atom. The van der Waals surface area contributed by atoms with Crippen molar-refractivity contribution in [1.29, 1.82) is 0 Å². The highest BCUT2D eigenvalue weighted by atomic mass is 16.7. The van der Waals surface area contributed by atoms with Gasteiger partial charge in [-0.25, -0.2) is 0 Å². The van der Waals surface area contributed by atoms with Crippen molar-refractivity contribution in [2.24, 2.45) is 22.9 Å². The van der Waals surface area contributed by atoms with Crippen molar-refractivity contribution in [3.63, 3.8) is 0 Å². The summed E-state index contributed by atoms with van der Waals surface area (Å²) in [5.41, 5.74) is 8.87. The molecular weight excluding hydrogens is 326 g/mol. The van der Waals surface area contributed by atoms with Crippen molar-refractivity contribution in [3.8, 4) is 0 Å². The molecule has 2 saturated heterocycles. The van der Waals surface area contributed by atoms with E-state index >= 15 is 0 Å². The van der Waals surface area contributed by atoms with E-state index in [1.165, 1.54) is 0 Å². The molecule has 1 N–H and O–H groups in total. The molecule has 0 amide bonds. The third-order valence-corrected chi connectivity index (χ3v) is 5.75. The molecule has 2 aliphatic heterocycles. The maximum atomic E-state index is 10.2. The van der Waals surface area contributed by atoms with Crippen molar-refractivity contribution in [1.82, 2.24) is 0 Å². The molecule has 10 atom stereocenters. The fraction of sp³-hybridized carbons (Fsp3) is 1.00. The Morgan fingerprint density at radius 2 is 1.76 bits per heavy atom. The molecule has 0 radical (unpaired) electrons. The molecule has 2 aliphatic rings. The Bertz CT molecular complexity index is 487. The number of methoxy groups -OCH3 is 1. The van der Waals surface area contributed by atoms with Crippen LogP contribution in [0.5, 0.6) is 0 Å². The van der Waals surface area contributed by atoms with E-state index in [9.17, 15) is 5.11 Å². The van der Waals surface area contributed by atoms with Gasteiger partial charge in [-0.05, 0) is 30.7 Å². The van der Waals surface area contributed by atoms with E-state index in [0.717, 1.165) is 6.42 Å². The molecule has 2 fully saturated rings. The van der Waals surface area contributed by atoms with Gasteiger partial charge < -0.3 is 24.1 Å². The first-order valence-corrected chi connectivity index (χ1v) is 9.07. The lowest BCUT2D eigenvalue weighted by Gasteiger charge is -2.47. The first kappa shape index (κ1) is 20.4. The molecule has 8 nitrogen and oxygen atoms in total. The second-order valence-electron chi connectivity index (χ2n) is 7.26. The SMILES string of the molecule is CCC1O[C@H](OC)C(N=[N+]=[N-])[C@@H](C)[C@@H]1O[C@H]1OC(C)[C@@H](O)[C@H](C)C1C. The van der Waals surface area contributed by atoms with E-state index in [2.05, 4.69) is 10.0 Å². The van der Waals surface area contributed by atoms with Gasteiger partial charge in [-0.15, -0.1) is 0 Å². The van der Waals surface area contributed by atoms with Crippen LogP contribution in [-0.4, -0.2) is 55.3 Å². The number of rotatable bonds is 5. The van der Waals surface area contributed by atoms with Gasteiger partial charge in [-0.2, -0.15) is 0 Å². The van der Waals surface area contributed by atoms with E-state index in [1.807, 2.05) is 34.6 Å². The summed E-state index contributed by atoms with van der Waals surface area (Å²) in [6, 6.07) is -0.470. The molecule has 0 aliphatic carbocycles. The van der Waals surface area contributed by atoms with Gasteiger partial charge in [0.15, 0.2) is 12.6 Å². The zero-order valence-electron chi connectivity index (χ0n) is 15.9. The highest BCUT2D eigenvalue weighted by molar-refractivity contribution is 4.93. The average Bonchev–Trinajstić information content (AvgIpc) is 2.61. The monoisotopic (exact) mass is 357 g/mol. The zero-order valence-corrected chi connectivity index (χ0v) is 15.9. The second-order valence-corrected chi connectivity index (χ2v) is 7.26. The highest BCUT2D eigenvalue weighted by Crippen LogP contribution is 2.37. The van der Waals surface area contributed by atoms with Crippen LogP contribution in [0.15, 0.2) is 5.11 Å². The molecule has 25 heavy (non-hydrogen) atoms. The Labute approximate surface area is 149 Å². The Balaban J connectivity index is 2.19. The minimum atomic E-state index is -0.583. The largest absolute Gasteiger partial charge is 0.390 e. The molecule has 0 aromatic carbocycles. The number of aliphatic hydroxyl groups is 1. The van der Waals surface area contributed by atoms with E-state index in [-0.39, 0.29) is 36.1 Å². The van der Waals surface area contributed by atoms with Crippen LogP contribution in [0.25, 0.3) is 10.4 Å². The van der Waals surface area contributed by atoms with E-state index in [1.54, 1.807) is 7.11 Å². The molecular formula is C17H31N3O5. The summed E-state index contributed by atoms with van der Waals surface area (Å²) in [4.78, 5) is 2.93. The fourth-order valence-corrected chi connectivity index (χ4v) is 3.78. The lowest BCUT2D eigenvalue weighted by atomic mass is 9.84. The van der Waals surface area contributed by atoms with Crippen molar-refractivity contribution in [3.05, 3.63) is 10.4 Å². The van der Waals surface area contributed by atoms with Gasteiger partial charge in [-0.3, -0.25) is 0 Å². The topological polar surface area (TPSA) is 106 Å². The minimum absolute atomic E-state index is 0.0361. The van der Waals surface area contributed by atoms with Crippen LogP contribution in [0, 0.1) is 17.8 Å². The van der Waals surface area contributed by atoms with Crippen LogP contribution in [0.2, 0.25) is 0 Å². The molecule has 4 unspecified atom stereocenters. The van der Waals surface area contributed by atoms with Gasteiger partial charge in [0.2, 0.25) is 0 Å². The summed E-state index contributed by atoms with van der Waals surface area (Å²) in [6.45, 7) is 9.88. The molecule has 0 spiro atoms.